The minimum absolute atomic E-state index is 0. The van der Waals surface area contributed by atoms with E-state index < -0.39 is 0 Å². The second kappa shape index (κ2) is 7.32. The van der Waals surface area contributed by atoms with Crippen LogP contribution in [-0.4, -0.2) is 25.6 Å². The van der Waals surface area contributed by atoms with Gasteiger partial charge in [-0.05, 0) is 24.3 Å². The number of anilines is 1. The van der Waals surface area contributed by atoms with Crippen molar-refractivity contribution in [2.45, 2.75) is 31.7 Å². The molecule has 0 unspecified atom stereocenters. The van der Waals surface area contributed by atoms with Crippen LogP contribution in [0.15, 0.2) is 36.1 Å². The lowest BCUT2D eigenvalue weighted by molar-refractivity contribution is 0.744. The van der Waals surface area contributed by atoms with Crippen LogP contribution in [0.5, 0.6) is 0 Å². The molecule has 0 aliphatic heterocycles. The summed E-state index contributed by atoms with van der Waals surface area (Å²) in [4.78, 5) is 14.9. The molecule has 0 spiro atoms. The minimum Gasteiger partial charge on any atom is -0.351 e. The van der Waals surface area contributed by atoms with Crippen molar-refractivity contribution in [1.82, 2.24) is 19.5 Å². The van der Waals surface area contributed by atoms with Crippen molar-refractivity contribution in [2.75, 3.05) is 5.32 Å². The van der Waals surface area contributed by atoms with Gasteiger partial charge in [-0.1, -0.05) is 18.9 Å². The number of nitrogens with one attached hydrogen (secondary N) is 1. The number of thiophene rings is 1. The highest BCUT2D eigenvalue weighted by Crippen LogP contribution is 2.33. The zero-order valence-electron chi connectivity index (χ0n) is 13.5. The van der Waals surface area contributed by atoms with E-state index in [9.17, 15) is 0 Å². The third-order valence-corrected chi connectivity index (χ3v) is 5.17. The Morgan fingerprint density at radius 1 is 1.25 bits per heavy atom. The number of nitrogens with zero attached hydrogens (tertiary/aromatic N) is 4. The van der Waals surface area contributed by atoms with Gasteiger partial charge >= 0.3 is 0 Å². The fourth-order valence-electron chi connectivity index (χ4n) is 3.09. The van der Waals surface area contributed by atoms with Crippen LogP contribution in [0.25, 0.3) is 22.0 Å². The number of halogens is 1. The van der Waals surface area contributed by atoms with E-state index >= 15 is 0 Å². The number of imidazole rings is 1. The van der Waals surface area contributed by atoms with Crippen molar-refractivity contribution < 1.29 is 0 Å². The molecule has 5 nitrogen and oxygen atoms in total. The Morgan fingerprint density at radius 2 is 2.08 bits per heavy atom. The van der Waals surface area contributed by atoms with E-state index in [4.69, 9.17) is 4.98 Å². The third kappa shape index (κ3) is 3.30. The van der Waals surface area contributed by atoms with Crippen LogP contribution in [-0.2, 0) is 7.05 Å². The van der Waals surface area contributed by atoms with E-state index in [1.807, 2.05) is 30.1 Å². The smallest absolute Gasteiger partial charge is 0.223 e. The maximum Gasteiger partial charge on any atom is 0.223 e. The molecule has 1 N–H and O–H groups in total. The summed E-state index contributed by atoms with van der Waals surface area (Å²) in [7, 11) is 1.99. The van der Waals surface area contributed by atoms with Crippen molar-refractivity contribution in [3.63, 3.8) is 0 Å². The standard InChI is InChI=1S/C17H19N5S.ClH/c1-22-9-8-18-16(22)13-11-19-17(20-12-5-2-3-6-12)21-15(13)14-7-4-10-23-14;/h4,7-12H,2-3,5-6H2,1H3,(H,19,20,21);1H. The first-order valence-corrected chi connectivity index (χ1v) is 8.84. The van der Waals surface area contributed by atoms with Gasteiger partial charge in [-0.2, -0.15) is 0 Å². The fraction of sp³-hybridized carbons (Fsp3) is 0.353. The van der Waals surface area contributed by atoms with Crippen LogP contribution in [0.2, 0.25) is 0 Å². The molecule has 3 aromatic rings. The number of hydrogen-bond donors (Lipinski definition) is 1. The second-order valence-corrected chi connectivity index (χ2v) is 6.87. The van der Waals surface area contributed by atoms with Crippen molar-refractivity contribution in [3.8, 4) is 22.0 Å². The molecule has 0 saturated heterocycles. The zero-order chi connectivity index (χ0) is 15.6. The lowest BCUT2D eigenvalue weighted by Crippen LogP contribution is -2.17. The summed E-state index contributed by atoms with van der Waals surface area (Å²) in [6.45, 7) is 0. The molecule has 0 atom stereocenters. The van der Waals surface area contributed by atoms with Gasteiger partial charge < -0.3 is 9.88 Å². The molecule has 3 heterocycles. The van der Waals surface area contributed by atoms with Crippen molar-refractivity contribution >= 4 is 29.7 Å². The summed E-state index contributed by atoms with van der Waals surface area (Å²) < 4.78 is 2.00. The lowest BCUT2D eigenvalue weighted by atomic mass is 10.2. The van der Waals surface area contributed by atoms with E-state index in [2.05, 4.69) is 26.7 Å². The average Bonchev–Trinajstić information content (AvgIpc) is 3.29. The van der Waals surface area contributed by atoms with Crippen LogP contribution < -0.4 is 5.32 Å². The van der Waals surface area contributed by atoms with Gasteiger partial charge in [0.25, 0.3) is 0 Å². The first-order valence-electron chi connectivity index (χ1n) is 7.96. The summed E-state index contributed by atoms with van der Waals surface area (Å²) in [5.74, 6) is 1.61. The van der Waals surface area contributed by atoms with Crippen LogP contribution >= 0.6 is 23.7 Å². The summed E-state index contributed by atoms with van der Waals surface area (Å²) in [6, 6.07) is 4.65. The van der Waals surface area contributed by atoms with Gasteiger partial charge in [-0.3, -0.25) is 0 Å². The number of aryl methyl sites for hydroxylation is 1. The van der Waals surface area contributed by atoms with E-state index in [0.29, 0.717) is 6.04 Å². The van der Waals surface area contributed by atoms with Crippen LogP contribution in [0.3, 0.4) is 0 Å². The van der Waals surface area contributed by atoms with Gasteiger partial charge in [0, 0.05) is 31.7 Å². The first kappa shape index (κ1) is 16.9. The van der Waals surface area contributed by atoms with Crippen LogP contribution in [0, 0.1) is 0 Å². The topological polar surface area (TPSA) is 55.6 Å². The molecule has 0 amide bonds. The predicted molar refractivity (Wildman–Crippen MR) is 101 cm³/mol. The highest BCUT2D eigenvalue weighted by atomic mass is 35.5. The molecule has 0 bridgehead atoms. The van der Waals surface area contributed by atoms with Gasteiger partial charge in [-0.25, -0.2) is 15.0 Å². The summed E-state index contributed by atoms with van der Waals surface area (Å²) in [5, 5.41) is 5.56. The van der Waals surface area contributed by atoms with E-state index in [1.54, 1.807) is 17.5 Å². The summed E-state index contributed by atoms with van der Waals surface area (Å²) in [6.07, 6.45) is 10.6. The molecule has 4 rings (SSSR count). The quantitative estimate of drug-likeness (QED) is 0.749. The van der Waals surface area contributed by atoms with Gasteiger partial charge in [0.1, 0.15) is 5.82 Å². The van der Waals surface area contributed by atoms with Gasteiger partial charge in [-0.15, -0.1) is 23.7 Å². The second-order valence-electron chi connectivity index (χ2n) is 5.92. The predicted octanol–water partition coefficient (Wildman–Crippen LogP) is 4.38. The molecule has 0 radical (unpaired) electrons. The number of hydrogen-bond acceptors (Lipinski definition) is 5. The third-order valence-electron chi connectivity index (χ3n) is 4.29. The molecule has 126 valence electrons. The molecular formula is C17H20ClN5S. The Bertz CT molecular complexity index is 793. The Morgan fingerprint density at radius 3 is 2.75 bits per heavy atom. The Balaban J connectivity index is 0.00000169. The van der Waals surface area contributed by atoms with Crippen LogP contribution in [0.4, 0.5) is 5.95 Å². The van der Waals surface area contributed by atoms with E-state index in [1.165, 1.54) is 25.7 Å². The van der Waals surface area contributed by atoms with Crippen molar-refractivity contribution in [1.29, 1.82) is 0 Å². The maximum absolute atomic E-state index is 4.81. The highest BCUT2D eigenvalue weighted by Gasteiger charge is 2.19. The first-order chi connectivity index (χ1) is 11.3. The number of aromatic nitrogens is 4. The average molecular weight is 362 g/mol. The highest BCUT2D eigenvalue weighted by molar-refractivity contribution is 7.13. The SMILES string of the molecule is Cl.Cn1ccnc1-c1cnc(NC2CCCC2)nc1-c1cccs1. The van der Waals surface area contributed by atoms with Crippen LogP contribution in [0.1, 0.15) is 25.7 Å². The molecule has 24 heavy (non-hydrogen) atoms. The van der Waals surface area contributed by atoms with Gasteiger partial charge in [0.05, 0.1) is 16.1 Å². The molecule has 7 heteroatoms. The molecular weight excluding hydrogens is 342 g/mol. The van der Waals surface area contributed by atoms with Crippen molar-refractivity contribution in [2.24, 2.45) is 7.05 Å². The summed E-state index contributed by atoms with van der Waals surface area (Å²) in [5.41, 5.74) is 1.92. The number of rotatable bonds is 4. The Kier molecular flexibility index (Phi) is 5.16. The molecule has 1 saturated carbocycles. The summed E-state index contributed by atoms with van der Waals surface area (Å²) >= 11 is 1.69. The molecule has 1 fully saturated rings. The zero-order valence-corrected chi connectivity index (χ0v) is 15.1. The van der Waals surface area contributed by atoms with E-state index in [-0.39, 0.29) is 12.4 Å². The normalized spacial score (nSPS) is 14.5. The van der Waals surface area contributed by atoms with Gasteiger partial charge in [0.15, 0.2) is 0 Å². The molecule has 1 aliphatic rings. The monoisotopic (exact) mass is 361 g/mol. The minimum atomic E-state index is 0. The lowest BCUT2D eigenvalue weighted by Gasteiger charge is -2.14. The maximum atomic E-state index is 4.81. The Hall–Kier alpha value is -1.92. The van der Waals surface area contributed by atoms with Crippen molar-refractivity contribution in [3.05, 3.63) is 36.1 Å². The van der Waals surface area contributed by atoms with E-state index in [0.717, 1.165) is 27.9 Å². The molecule has 0 aromatic carbocycles. The molecule has 3 aromatic heterocycles. The molecule has 1 aliphatic carbocycles. The largest absolute Gasteiger partial charge is 0.351 e. The Labute approximate surface area is 151 Å². The fourth-order valence-corrected chi connectivity index (χ4v) is 3.82. The van der Waals surface area contributed by atoms with Gasteiger partial charge in [0.2, 0.25) is 5.95 Å².